The Balaban J connectivity index is 2.10. The molecule has 0 fully saturated rings. The average molecular weight is 313 g/mol. The molecule has 0 N–H and O–H groups in total. The topological polar surface area (TPSA) is 0 Å². The Kier molecular flexibility index (Phi) is 5.68. The summed E-state index contributed by atoms with van der Waals surface area (Å²) in [5.41, 5.74) is 1.38. The molecule has 0 bridgehead atoms. The van der Waals surface area contributed by atoms with Gasteiger partial charge < -0.3 is 0 Å². The van der Waals surface area contributed by atoms with Crippen LogP contribution in [-0.4, -0.2) is 15.0 Å². The molecule has 0 saturated heterocycles. The summed E-state index contributed by atoms with van der Waals surface area (Å²) in [5.74, 6) is 0. The summed E-state index contributed by atoms with van der Waals surface area (Å²) in [6, 6.07) is 21.4. The second-order valence-electron chi connectivity index (χ2n) is 4.27. The van der Waals surface area contributed by atoms with Gasteiger partial charge in [0.05, 0.1) is 0 Å². The van der Waals surface area contributed by atoms with E-state index in [9.17, 15) is 0 Å². The van der Waals surface area contributed by atoms with E-state index in [0.29, 0.717) is 15.0 Å². The van der Waals surface area contributed by atoms with Crippen LogP contribution in [0.25, 0.3) is 0 Å². The Hall–Kier alpha value is -1.56. The molecule has 0 heterocycles. The van der Waals surface area contributed by atoms with Crippen molar-refractivity contribution in [1.82, 2.24) is 0 Å². The summed E-state index contributed by atoms with van der Waals surface area (Å²) in [7, 11) is 0. The fourth-order valence-electron chi connectivity index (χ4n) is 1.80. The zero-order valence-corrected chi connectivity index (χ0v) is 12.7. The first-order chi connectivity index (χ1) is 9.38. The van der Waals surface area contributed by atoms with E-state index in [4.69, 9.17) is 0 Å². The van der Waals surface area contributed by atoms with Gasteiger partial charge in [0.15, 0.2) is 0 Å². The van der Waals surface area contributed by atoms with E-state index in [1.165, 1.54) is 14.5 Å². The van der Waals surface area contributed by atoms with Crippen LogP contribution in [0, 0.1) is 0 Å². The first kappa shape index (κ1) is 13.9. The zero-order chi connectivity index (χ0) is 13.3. The van der Waals surface area contributed by atoms with Crippen molar-refractivity contribution in [3.63, 3.8) is 0 Å². The van der Waals surface area contributed by atoms with E-state index in [-0.39, 0.29) is 0 Å². The van der Waals surface area contributed by atoms with Crippen LogP contribution < -0.4 is 4.46 Å². The van der Waals surface area contributed by atoms with Crippen LogP contribution in [0.5, 0.6) is 0 Å². The summed E-state index contributed by atoms with van der Waals surface area (Å²) in [4.78, 5) is 0. The second-order valence-corrected chi connectivity index (χ2v) is 6.79. The van der Waals surface area contributed by atoms with Gasteiger partial charge in [0.25, 0.3) is 0 Å². The van der Waals surface area contributed by atoms with Crippen molar-refractivity contribution in [3.8, 4) is 0 Å². The van der Waals surface area contributed by atoms with Gasteiger partial charge in [0.2, 0.25) is 0 Å². The standard InChI is InChI=1S/C18H18Se/c1-2-3-12-18(15-16-10-6-4-7-11-16)19-17-13-8-5-9-14-17/h2,4-14H,1,3,15H2/b18-12-. The van der Waals surface area contributed by atoms with Gasteiger partial charge in [-0.2, -0.15) is 0 Å². The molecular weight excluding hydrogens is 295 g/mol. The minimum absolute atomic E-state index is 0.403. The van der Waals surface area contributed by atoms with E-state index in [0.717, 1.165) is 12.8 Å². The van der Waals surface area contributed by atoms with Crippen LogP contribution in [0.4, 0.5) is 0 Å². The molecule has 0 unspecified atom stereocenters. The summed E-state index contributed by atoms with van der Waals surface area (Å²) in [5, 5.41) is 0. The van der Waals surface area contributed by atoms with Crippen molar-refractivity contribution in [3.05, 3.63) is 89.4 Å². The number of hydrogen-bond acceptors (Lipinski definition) is 0. The number of rotatable bonds is 6. The second kappa shape index (κ2) is 7.78. The fourth-order valence-corrected chi connectivity index (χ4v) is 3.93. The Morgan fingerprint density at radius 1 is 0.947 bits per heavy atom. The average Bonchev–Trinajstić information content (AvgIpc) is 2.47. The Labute approximate surface area is 122 Å². The molecule has 0 aliphatic rings. The van der Waals surface area contributed by atoms with Crippen molar-refractivity contribution in [2.75, 3.05) is 0 Å². The monoisotopic (exact) mass is 314 g/mol. The van der Waals surface area contributed by atoms with Crippen LogP contribution in [0.1, 0.15) is 12.0 Å². The molecule has 0 aliphatic heterocycles. The number of hydrogen-bond donors (Lipinski definition) is 0. The van der Waals surface area contributed by atoms with E-state index >= 15 is 0 Å². The Morgan fingerprint density at radius 2 is 1.58 bits per heavy atom. The van der Waals surface area contributed by atoms with Crippen LogP contribution in [0.15, 0.2) is 83.9 Å². The normalized spacial score (nSPS) is 11.3. The third-order valence-electron chi connectivity index (χ3n) is 2.73. The van der Waals surface area contributed by atoms with Crippen LogP contribution >= 0.6 is 0 Å². The Bertz CT molecular complexity index is 483. The van der Waals surface area contributed by atoms with Gasteiger partial charge in [-0.1, -0.05) is 0 Å². The summed E-state index contributed by atoms with van der Waals surface area (Å²) in [6.45, 7) is 3.81. The van der Waals surface area contributed by atoms with E-state index in [1.54, 1.807) is 0 Å². The van der Waals surface area contributed by atoms with Crippen molar-refractivity contribution >= 4 is 19.4 Å². The van der Waals surface area contributed by atoms with Crippen molar-refractivity contribution < 1.29 is 0 Å². The third-order valence-corrected chi connectivity index (χ3v) is 4.99. The van der Waals surface area contributed by atoms with Crippen LogP contribution in [-0.2, 0) is 6.42 Å². The fraction of sp³-hybridized carbons (Fsp3) is 0.111. The molecule has 0 saturated carbocycles. The molecule has 0 aromatic heterocycles. The van der Waals surface area contributed by atoms with Gasteiger partial charge in [-0.3, -0.25) is 0 Å². The molecule has 19 heavy (non-hydrogen) atoms. The van der Waals surface area contributed by atoms with Crippen molar-refractivity contribution in [2.24, 2.45) is 0 Å². The number of benzene rings is 2. The SMILES string of the molecule is C=CC/C=C(/Cc1ccccc1)[Se]c1ccccc1. The molecule has 0 spiro atoms. The van der Waals surface area contributed by atoms with Gasteiger partial charge >= 0.3 is 122 Å². The molecule has 0 aliphatic carbocycles. The van der Waals surface area contributed by atoms with Crippen LogP contribution in [0.2, 0.25) is 0 Å². The van der Waals surface area contributed by atoms with Crippen molar-refractivity contribution in [2.45, 2.75) is 12.8 Å². The molecule has 2 rings (SSSR count). The minimum atomic E-state index is 0.403. The predicted octanol–water partition coefficient (Wildman–Crippen LogP) is 3.72. The van der Waals surface area contributed by atoms with Gasteiger partial charge in [-0.05, 0) is 0 Å². The summed E-state index contributed by atoms with van der Waals surface area (Å²) < 4.78 is 2.95. The van der Waals surface area contributed by atoms with E-state index in [1.807, 2.05) is 6.08 Å². The van der Waals surface area contributed by atoms with Gasteiger partial charge in [-0.25, -0.2) is 0 Å². The molecule has 0 atom stereocenters. The predicted molar refractivity (Wildman–Crippen MR) is 84.9 cm³/mol. The maximum absolute atomic E-state index is 3.81. The summed E-state index contributed by atoms with van der Waals surface area (Å²) >= 11 is 0.403. The molecule has 96 valence electrons. The van der Waals surface area contributed by atoms with Gasteiger partial charge in [-0.15, -0.1) is 0 Å². The molecular formula is C18H18Se. The molecule has 2 aromatic carbocycles. The first-order valence-electron chi connectivity index (χ1n) is 6.45. The van der Waals surface area contributed by atoms with Crippen LogP contribution in [0.3, 0.4) is 0 Å². The van der Waals surface area contributed by atoms with E-state index in [2.05, 4.69) is 73.3 Å². The zero-order valence-electron chi connectivity index (χ0n) is 11.0. The Morgan fingerprint density at radius 3 is 2.21 bits per heavy atom. The number of allylic oxidation sites excluding steroid dienone is 3. The molecule has 1 heteroatoms. The molecule has 0 radical (unpaired) electrons. The van der Waals surface area contributed by atoms with Gasteiger partial charge in [0.1, 0.15) is 0 Å². The van der Waals surface area contributed by atoms with E-state index < -0.39 is 0 Å². The maximum atomic E-state index is 3.81. The quantitative estimate of drug-likeness (QED) is 0.563. The molecule has 0 nitrogen and oxygen atoms in total. The first-order valence-corrected chi connectivity index (χ1v) is 8.16. The van der Waals surface area contributed by atoms with Crippen molar-refractivity contribution in [1.29, 1.82) is 0 Å². The molecule has 2 aromatic rings. The van der Waals surface area contributed by atoms with Gasteiger partial charge in [0, 0.05) is 0 Å². The molecule has 0 amide bonds. The summed E-state index contributed by atoms with van der Waals surface area (Å²) in [6.07, 6.45) is 6.29. The third kappa shape index (κ3) is 4.90.